The molecule has 1 N–H and O–H groups in total. The molecular formula is C8H8O3. The predicted octanol–water partition coefficient (Wildman–Crippen LogP) is 1.47. The first-order chi connectivity index (χ1) is 5.27. The average Bonchev–Trinajstić information content (AvgIpc) is 2.40. The van der Waals surface area contributed by atoms with E-state index in [0.717, 1.165) is 30.6 Å². The van der Waals surface area contributed by atoms with Crippen molar-refractivity contribution < 1.29 is 14.3 Å². The summed E-state index contributed by atoms with van der Waals surface area (Å²) in [6, 6.07) is 1.63. The zero-order chi connectivity index (χ0) is 7.84. The third-order valence-electron chi connectivity index (χ3n) is 1.96. The zero-order valence-corrected chi connectivity index (χ0v) is 5.96. The first-order valence-electron chi connectivity index (χ1n) is 3.62. The van der Waals surface area contributed by atoms with Crippen LogP contribution in [0.4, 0.5) is 0 Å². The summed E-state index contributed by atoms with van der Waals surface area (Å²) in [6.07, 6.45) is 2.95. The van der Waals surface area contributed by atoms with Gasteiger partial charge in [0.2, 0.25) is 5.76 Å². The Balaban J connectivity index is 2.42. The molecule has 0 bridgehead atoms. The SMILES string of the molecule is O=C(O)c1cc2c(o1)CCC2. The van der Waals surface area contributed by atoms with Crippen molar-refractivity contribution in [3.63, 3.8) is 0 Å². The van der Waals surface area contributed by atoms with Gasteiger partial charge in [-0.25, -0.2) is 4.79 Å². The van der Waals surface area contributed by atoms with Crippen LogP contribution >= 0.6 is 0 Å². The van der Waals surface area contributed by atoms with Crippen molar-refractivity contribution in [2.45, 2.75) is 19.3 Å². The molecule has 0 fully saturated rings. The summed E-state index contributed by atoms with van der Waals surface area (Å²) < 4.78 is 5.09. The van der Waals surface area contributed by atoms with Gasteiger partial charge in [-0.2, -0.15) is 0 Å². The third-order valence-corrected chi connectivity index (χ3v) is 1.96. The lowest BCUT2D eigenvalue weighted by Gasteiger charge is -1.86. The summed E-state index contributed by atoms with van der Waals surface area (Å²) in [5, 5.41) is 8.55. The molecule has 0 spiro atoms. The highest BCUT2D eigenvalue weighted by molar-refractivity contribution is 5.84. The molecule has 0 saturated carbocycles. The molecule has 0 amide bonds. The number of aryl methyl sites for hydroxylation is 2. The number of carboxylic acid groups (broad SMARTS) is 1. The van der Waals surface area contributed by atoms with E-state index in [1.165, 1.54) is 0 Å². The van der Waals surface area contributed by atoms with Crippen LogP contribution in [-0.2, 0) is 12.8 Å². The lowest BCUT2D eigenvalue weighted by atomic mass is 10.2. The number of carboxylic acids is 1. The summed E-state index contributed by atoms with van der Waals surface area (Å²) in [5.74, 6) is -0.0310. The van der Waals surface area contributed by atoms with Gasteiger partial charge in [0.15, 0.2) is 0 Å². The van der Waals surface area contributed by atoms with E-state index in [4.69, 9.17) is 9.52 Å². The Morgan fingerprint density at radius 3 is 3.00 bits per heavy atom. The van der Waals surface area contributed by atoms with Crippen LogP contribution in [0.25, 0.3) is 0 Å². The highest BCUT2D eigenvalue weighted by Crippen LogP contribution is 2.25. The molecule has 0 atom stereocenters. The summed E-state index contributed by atoms with van der Waals surface area (Å²) in [4.78, 5) is 10.4. The van der Waals surface area contributed by atoms with Gasteiger partial charge in [-0.3, -0.25) is 0 Å². The van der Waals surface area contributed by atoms with Gasteiger partial charge in [0.25, 0.3) is 0 Å². The number of fused-ring (bicyclic) bond motifs is 1. The zero-order valence-electron chi connectivity index (χ0n) is 5.96. The van der Waals surface area contributed by atoms with Crippen LogP contribution in [0.5, 0.6) is 0 Å². The Labute approximate surface area is 63.6 Å². The minimum atomic E-state index is -0.973. The quantitative estimate of drug-likeness (QED) is 0.662. The molecule has 1 aliphatic carbocycles. The van der Waals surface area contributed by atoms with Crippen molar-refractivity contribution in [1.82, 2.24) is 0 Å². The summed E-state index contributed by atoms with van der Waals surface area (Å²) in [5.41, 5.74) is 1.07. The van der Waals surface area contributed by atoms with Gasteiger partial charge >= 0.3 is 5.97 Å². The highest BCUT2D eigenvalue weighted by atomic mass is 16.4. The molecular weight excluding hydrogens is 144 g/mol. The van der Waals surface area contributed by atoms with E-state index in [1.54, 1.807) is 6.07 Å². The lowest BCUT2D eigenvalue weighted by Crippen LogP contribution is -1.92. The van der Waals surface area contributed by atoms with Crippen molar-refractivity contribution in [1.29, 1.82) is 0 Å². The van der Waals surface area contributed by atoms with Crippen molar-refractivity contribution in [2.24, 2.45) is 0 Å². The maximum absolute atomic E-state index is 10.4. The van der Waals surface area contributed by atoms with Crippen LogP contribution < -0.4 is 0 Å². The molecule has 2 rings (SSSR count). The van der Waals surface area contributed by atoms with Gasteiger partial charge in [0.05, 0.1) is 0 Å². The second-order valence-corrected chi connectivity index (χ2v) is 2.72. The molecule has 0 unspecified atom stereocenters. The van der Waals surface area contributed by atoms with Gasteiger partial charge in [-0.15, -0.1) is 0 Å². The molecule has 58 valence electrons. The summed E-state index contributed by atoms with van der Waals surface area (Å²) in [6.45, 7) is 0. The fraction of sp³-hybridized carbons (Fsp3) is 0.375. The van der Waals surface area contributed by atoms with Gasteiger partial charge in [-0.05, 0) is 24.5 Å². The lowest BCUT2D eigenvalue weighted by molar-refractivity contribution is 0.0660. The Morgan fingerprint density at radius 2 is 2.36 bits per heavy atom. The Morgan fingerprint density at radius 1 is 1.55 bits per heavy atom. The van der Waals surface area contributed by atoms with Gasteiger partial charge in [0, 0.05) is 6.42 Å². The minimum Gasteiger partial charge on any atom is -0.475 e. The molecule has 0 aliphatic heterocycles. The third kappa shape index (κ3) is 0.926. The number of hydrogen-bond acceptors (Lipinski definition) is 2. The van der Waals surface area contributed by atoms with Crippen LogP contribution in [0, 0.1) is 0 Å². The molecule has 0 aromatic carbocycles. The molecule has 1 heterocycles. The Kier molecular flexibility index (Phi) is 1.24. The standard InChI is InChI=1S/C8H8O3/c9-8(10)7-4-5-2-1-3-6(5)11-7/h4H,1-3H2,(H,9,10). The fourth-order valence-electron chi connectivity index (χ4n) is 1.43. The van der Waals surface area contributed by atoms with Crippen molar-refractivity contribution >= 4 is 5.97 Å². The van der Waals surface area contributed by atoms with E-state index >= 15 is 0 Å². The maximum atomic E-state index is 10.4. The number of furan rings is 1. The average molecular weight is 152 g/mol. The van der Waals surface area contributed by atoms with E-state index in [2.05, 4.69) is 0 Å². The van der Waals surface area contributed by atoms with Crippen LogP contribution in [0.15, 0.2) is 10.5 Å². The Bertz CT molecular complexity index is 277. The second-order valence-electron chi connectivity index (χ2n) is 2.72. The summed E-state index contributed by atoms with van der Waals surface area (Å²) >= 11 is 0. The molecule has 1 aliphatic rings. The minimum absolute atomic E-state index is 0.0784. The topological polar surface area (TPSA) is 50.4 Å². The van der Waals surface area contributed by atoms with Crippen LogP contribution in [0.2, 0.25) is 0 Å². The number of aromatic carboxylic acids is 1. The molecule has 1 aromatic rings. The van der Waals surface area contributed by atoms with E-state index in [1.807, 2.05) is 0 Å². The normalized spacial score (nSPS) is 14.9. The van der Waals surface area contributed by atoms with E-state index in [9.17, 15) is 4.79 Å². The van der Waals surface area contributed by atoms with E-state index < -0.39 is 5.97 Å². The monoisotopic (exact) mass is 152 g/mol. The molecule has 0 saturated heterocycles. The Hall–Kier alpha value is -1.25. The van der Waals surface area contributed by atoms with E-state index in [0.29, 0.717) is 0 Å². The first-order valence-corrected chi connectivity index (χ1v) is 3.62. The number of carbonyl (C=O) groups is 1. The highest BCUT2D eigenvalue weighted by Gasteiger charge is 2.19. The molecule has 3 nitrogen and oxygen atoms in total. The van der Waals surface area contributed by atoms with Gasteiger partial charge in [0.1, 0.15) is 5.76 Å². The van der Waals surface area contributed by atoms with Crippen molar-refractivity contribution in [3.05, 3.63) is 23.2 Å². The molecule has 11 heavy (non-hydrogen) atoms. The van der Waals surface area contributed by atoms with Crippen molar-refractivity contribution in [2.75, 3.05) is 0 Å². The molecule has 1 aromatic heterocycles. The van der Waals surface area contributed by atoms with Crippen LogP contribution in [0.1, 0.15) is 28.3 Å². The fourth-order valence-corrected chi connectivity index (χ4v) is 1.43. The van der Waals surface area contributed by atoms with Crippen molar-refractivity contribution in [3.8, 4) is 0 Å². The largest absolute Gasteiger partial charge is 0.475 e. The molecule has 0 radical (unpaired) electrons. The number of rotatable bonds is 1. The molecule has 3 heteroatoms. The predicted molar refractivity (Wildman–Crippen MR) is 37.7 cm³/mol. The smallest absolute Gasteiger partial charge is 0.371 e. The second kappa shape index (κ2) is 2.12. The maximum Gasteiger partial charge on any atom is 0.371 e. The van der Waals surface area contributed by atoms with Crippen LogP contribution in [-0.4, -0.2) is 11.1 Å². The van der Waals surface area contributed by atoms with Gasteiger partial charge in [-0.1, -0.05) is 0 Å². The van der Waals surface area contributed by atoms with Crippen LogP contribution in [0.3, 0.4) is 0 Å². The summed E-state index contributed by atoms with van der Waals surface area (Å²) in [7, 11) is 0. The van der Waals surface area contributed by atoms with Gasteiger partial charge < -0.3 is 9.52 Å². The first kappa shape index (κ1) is 6.46. The van der Waals surface area contributed by atoms with E-state index in [-0.39, 0.29) is 5.76 Å². The number of hydrogen-bond donors (Lipinski definition) is 1.